The third kappa shape index (κ3) is 3.45. The Morgan fingerprint density at radius 1 is 1.48 bits per heavy atom. The molecule has 0 radical (unpaired) electrons. The lowest BCUT2D eigenvalue weighted by molar-refractivity contribution is -0.154. The first-order chi connectivity index (χ1) is 10.7. The molecule has 1 unspecified atom stereocenters. The molecule has 0 saturated heterocycles. The largest absolute Gasteiger partial charge is 0.499 e. The molecule has 0 aromatic carbocycles. The van der Waals surface area contributed by atoms with Gasteiger partial charge in [-0.1, -0.05) is 20.4 Å². The molecule has 0 aromatic rings. The van der Waals surface area contributed by atoms with Crippen LogP contribution in [0.1, 0.15) is 33.1 Å². The molecule has 1 N–H and O–H groups in total. The molecule has 6 heteroatoms. The molecule has 2 atom stereocenters. The number of methoxy groups -OCH3 is 2. The Hall–Kier alpha value is -2.13. The van der Waals surface area contributed by atoms with Gasteiger partial charge >= 0.3 is 5.97 Å². The lowest BCUT2D eigenvalue weighted by atomic mass is 9.79. The lowest BCUT2D eigenvalue weighted by Crippen LogP contribution is -2.35. The molecule has 0 spiro atoms. The van der Waals surface area contributed by atoms with Crippen LogP contribution in [0.3, 0.4) is 0 Å². The number of allylic oxidation sites excluding steroid dienone is 1. The highest BCUT2D eigenvalue weighted by atomic mass is 16.5. The van der Waals surface area contributed by atoms with Crippen molar-refractivity contribution in [1.82, 2.24) is 0 Å². The van der Waals surface area contributed by atoms with Crippen molar-refractivity contribution in [2.24, 2.45) is 11.3 Å². The summed E-state index contributed by atoms with van der Waals surface area (Å²) in [4.78, 5) is 24.8. The van der Waals surface area contributed by atoms with E-state index in [9.17, 15) is 14.7 Å². The van der Waals surface area contributed by atoms with Gasteiger partial charge in [-0.3, -0.25) is 9.59 Å². The van der Waals surface area contributed by atoms with Crippen LogP contribution >= 0.6 is 0 Å². The van der Waals surface area contributed by atoms with Gasteiger partial charge < -0.3 is 14.6 Å². The minimum atomic E-state index is -1.25. The number of ketones is 1. The van der Waals surface area contributed by atoms with Crippen LogP contribution in [0.15, 0.2) is 23.5 Å². The number of carbonyl (C=O) groups is 2. The van der Waals surface area contributed by atoms with Crippen molar-refractivity contribution < 1.29 is 24.2 Å². The van der Waals surface area contributed by atoms with E-state index in [1.165, 1.54) is 14.2 Å². The second kappa shape index (κ2) is 7.42. The van der Waals surface area contributed by atoms with Crippen LogP contribution in [-0.4, -0.2) is 37.2 Å². The predicted octanol–water partition coefficient (Wildman–Crippen LogP) is 1.90. The number of hydrogen-bond acceptors (Lipinski definition) is 6. The van der Waals surface area contributed by atoms with Crippen LogP contribution < -0.4 is 0 Å². The van der Waals surface area contributed by atoms with Gasteiger partial charge in [-0.2, -0.15) is 5.26 Å². The first kappa shape index (κ1) is 18.9. The standard InChI is InChI=1S/C17H23NO5/c1-10(2)14-13(20)8-17(15(14)22-4,16(21)23-5)7-6-12(19)11(3)9-18/h10,12,19H,3,6-8H2,1-2,4-5H3/t12?,17-/m0/s1. The zero-order valence-corrected chi connectivity index (χ0v) is 14.0. The van der Waals surface area contributed by atoms with Crippen molar-refractivity contribution in [2.75, 3.05) is 14.2 Å². The summed E-state index contributed by atoms with van der Waals surface area (Å²) in [6.45, 7) is 7.17. The third-order valence-electron chi connectivity index (χ3n) is 4.19. The Kier molecular flexibility index (Phi) is 6.11. The summed E-state index contributed by atoms with van der Waals surface area (Å²) in [5, 5.41) is 18.7. The summed E-state index contributed by atoms with van der Waals surface area (Å²) in [7, 11) is 2.67. The molecule has 1 aliphatic rings. The quantitative estimate of drug-likeness (QED) is 0.568. The van der Waals surface area contributed by atoms with Crippen molar-refractivity contribution in [3.05, 3.63) is 23.5 Å². The summed E-state index contributed by atoms with van der Waals surface area (Å²) >= 11 is 0. The number of hydrogen-bond donors (Lipinski definition) is 1. The minimum absolute atomic E-state index is 0.0152. The van der Waals surface area contributed by atoms with E-state index in [4.69, 9.17) is 14.7 Å². The molecular formula is C17H23NO5. The van der Waals surface area contributed by atoms with E-state index >= 15 is 0 Å². The Morgan fingerprint density at radius 2 is 2.09 bits per heavy atom. The Morgan fingerprint density at radius 3 is 2.52 bits per heavy atom. The number of aliphatic hydroxyl groups excluding tert-OH is 1. The number of nitriles is 1. The van der Waals surface area contributed by atoms with E-state index in [2.05, 4.69) is 6.58 Å². The third-order valence-corrected chi connectivity index (χ3v) is 4.19. The molecule has 0 saturated carbocycles. The molecular weight excluding hydrogens is 298 g/mol. The van der Waals surface area contributed by atoms with Crippen LogP contribution in [0.5, 0.6) is 0 Å². The molecule has 6 nitrogen and oxygen atoms in total. The normalized spacial score (nSPS) is 22.0. The zero-order valence-electron chi connectivity index (χ0n) is 14.0. The Labute approximate surface area is 136 Å². The maximum Gasteiger partial charge on any atom is 0.319 e. The molecule has 0 bridgehead atoms. The SMILES string of the molecule is C=C(C#N)C(O)CC[C@]1(C(=O)OC)CC(=O)C(C(C)C)=C1OC. The number of ether oxygens (including phenoxy) is 2. The predicted molar refractivity (Wildman–Crippen MR) is 82.9 cm³/mol. The minimum Gasteiger partial charge on any atom is -0.499 e. The van der Waals surface area contributed by atoms with Gasteiger partial charge in [0.2, 0.25) is 0 Å². The highest BCUT2D eigenvalue weighted by Gasteiger charge is 2.53. The molecule has 126 valence electrons. The van der Waals surface area contributed by atoms with E-state index in [1.54, 1.807) is 6.07 Å². The molecule has 23 heavy (non-hydrogen) atoms. The number of rotatable bonds is 7. The van der Waals surface area contributed by atoms with Gasteiger partial charge in [-0.25, -0.2) is 0 Å². The lowest BCUT2D eigenvalue weighted by Gasteiger charge is -2.29. The molecule has 0 fully saturated rings. The van der Waals surface area contributed by atoms with Crippen molar-refractivity contribution in [1.29, 1.82) is 5.26 Å². The van der Waals surface area contributed by atoms with E-state index in [-0.39, 0.29) is 36.5 Å². The average molecular weight is 321 g/mol. The van der Waals surface area contributed by atoms with Crippen molar-refractivity contribution >= 4 is 11.8 Å². The van der Waals surface area contributed by atoms with Gasteiger partial charge in [0.1, 0.15) is 11.2 Å². The first-order valence-electron chi connectivity index (χ1n) is 7.42. The van der Waals surface area contributed by atoms with Gasteiger partial charge in [-0.15, -0.1) is 0 Å². The van der Waals surface area contributed by atoms with Crippen molar-refractivity contribution in [3.8, 4) is 6.07 Å². The van der Waals surface area contributed by atoms with Gasteiger partial charge in [0.15, 0.2) is 5.78 Å². The molecule has 1 aliphatic carbocycles. The van der Waals surface area contributed by atoms with Gasteiger partial charge in [0, 0.05) is 12.0 Å². The fourth-order valence-corrected chi connectivity index (χ4v) is 3.02. The van der Waals surface area contributed by atoms with Crippen LogP contribution in [-0.2, 0) is 19.1 Å². The van der Waals surface area contributed by atoms with Crippen LogP contribution in [0, 0.1) is 22.7 Å². The molecule has 0 aliphatic heterocycles. The average Bonchev–Trinajstić information content (AvgIpc) is 2.83. The van der Waals surface area contributed by atoms with E-state index in [1.807, 2.05) is 13.8 Å². The smallest absolute Gasteiger partial charge is 0.319 e. The zero-order chi connectivity index (χ0) is 17.8. The number of aliphatic hydroxyl groups is 1. The summed E-state index contributed by atoms with van der Waals surface area (Å²) in [6.07, 6.45) is -0.889. The monoisotopic (exact) mass is 321 g/mol. The molecule has 0 heterocycles. The van der Waals surface area contributed by atoms with Crippen molar-refractivity contribution in [2.45, 2.75) is 39.2 Å². The van der Waals surface area contributed by atoms with Crippen molar-refractivity contribution in [3.63, 3.8) is 0 Å². The van der Waals surface area contributed by atoms with E-state index < -0.39 is 17.5 Å². The first-order valence-corrected chi connectivity index (χ1v) is 7.42. The fourth-order valence-electron chi connectivity index (χ4n) is 3.02. The Bertz CT molecular complexity index is 584. The second-order valence-corrected chi connectivity index (χ2v) is 5.97. The van der Waals surface area contributed by atoms with Crippen LogP contribution in [0.25, 0.3) is 0 Å². The maximum atomic E-state index is 12.4. The number of nitrogens with zero attached hydrogens (tertiary/aromatic N) is 1. The summed E-state index contributed by atoms with van der Waals surface area (Å²) in [6, 6.07) is 1.79. The molecule has 0 aromatic heterocycles. The number of carbonyl (C=O) groups excluding carboxylic acids is 2. The summed E-state index contributed by atoms with van der Waals surface area (Å²) in [5.41, 5.74) is -0.760. The van der Waals surface area contributed by atoms with Gasteiger partial charge in [0.25, 0.3) is 0 Å². The number of esters is 1. The topological polar surface area (TPSA) is 96.6 Å². The fraction of sp³-hybridized carbons (Fsp3) is 0.588. The van der Waals surface area contributed by atoms with E-state index in [0.29, 0.717) is 11.3 Å². The maximum absolute atomic E-state index is 12.4. The Balaban J connectivity index is 3.25. The number of Topliss-reactive ketones (excluding diaryl/α,β-unsaturated/α-hetero) is 1. The highest BCUT2D eigenvalue weighted by Crippen LogP contribution is 2.48. The van der Waals surface area contributed by atoms with Crippen LogP contribution in [0.2, 0.25) is 0 Å². The molecule has 1 rings (SSSR count). The summed E-state index contributed by atoms with van der Waals surface area (Å²) in [5.74, 6) is -0.522. The van der Waals surface area contributed by atoms with E-state index in [0.717, 1.165) is 0 Å². The second-order valence-electron chi connectivity index (χ2n) is 5.97. The highest BCUT2D eigenvalue weighted by molar-refractivity contribution is 6.04. The van der Waals surface area contributed by atoms with Crippen LogP contribution in [0.4, 0.5) is 0 Å². The van der Waals surface area contributed by atoms with Gasteiger partial charge in [0.05, 0.1) is 32.0 Å². The summed E-state index contributed by atoms with van der Waals surface area (Å²) < 4.78 is 10.3. The van der Waals surface area contributed by atoms with Gasteiger partial charge in [-0.05, 0) is 18.8 Å². The molecule has 0 amide bonds.